The Kier molecular flexibility index (Phi) is 12.6. The molecule has 2 amide bonds. The average Bonchev–Trinajstić information content (AvgIpc) is 2.87. The van der Waals surface area contributed by atoms with Crippen LogP contribution in [0.4, 0.5) is 0 Å². The summed E-state index contributed by atoms with van der Waals surface area (Å²) in [4.78, 5) is 23.7. The summed E-state index contributed by atoms with van der Waals surface area (Å²) in [5, 5.41) is 9.12. The van der Waals surface area contributed by atoms with Gasteiger partial charge in [-0.15, -0.1) is 0 Å². The minimum Gasteiger partial charge on any atom is -0.497 e. The maximum atomic E-state index is 11.9. The minimum atomic E-state index is -0.104. The van der Waals surface area contributed by atoms with Crippen LogP contribution in [0.3, 0.4) is 0 Å². The number of nitrogens with one attached hydrogen (secondary N) is 3. The molecule has 3 N–H and O–H groups in total. The third-order valence-corrected chi connectivity index (χ3v) is 5.00. The second-order valence-corrected chi connectivity index (χ2v) is 7.61. The number of amides is 2. The molecule has 0 radical (unpaired) electrons. The molecule has 0 heterocycles. The molecular formula is C27H35N3O4. The number of ether oxygens (including phenoxy) is 2. The van der Waals surface area contributed by atoms with Crippen molar-refractivity contribution in [1.29, 1.82) is 0 Å². The van der Waals surface area contributed by atoms with E-state index in [-0.39, 0.29) is 11.8 Å². The van der Waals surface area contributed by atoms with E-state index in [1.807, 2.05) is 48.5 Å². The summed E-state index contributed by atoms with van der Waals surface area (Å²) < 4.78 is 10.2. The molecule has 2 aromatic rings. The molecule has 0 aliphatic heterocycles. The highest BCUT2D eigenvalue weighted by Crippen LogP contribution is 2.13. The van der Waals surface area contributed by atoms with Crippen LogP contribution in [0, 0.1) is 0 Å². The monoisotopic (exact) mass is 465 g/mol. The molecule has 0 aromatic heterocycles. The first-order chi connectivity index (χ1) is 16.6. The van der Waals surface area contributed by atoms with E-state index >= 15 is 0 Å². The summed E-state index contributed by atoms with van der Waals surface area (Å²) in [6.07, 6.45) is 9.37. The molecule has 0 aliphatic carbocycles. The van der Waals surface area contributed by atoms with Gasteiger partial charge in [0.1, 0.15) is 11.5 Å². The Bertz CT molecular complexity index is 844. The summed E-state index contributed by atoms with van der Waals surface area (Å²) in [5.74, 6) is 1.38. The Hall–Kier alpha value is -3.58. The normalized spacial score (nSPS) is 11.0. The number of hydrogen-bond acceptors (Lipinski definition) is 5. The van der Waals surface area contributed by atoms with Gasteiger partial charge in [-0.3, -0.25) is 9.59 Å². The van der Waals surface area contributed by atoms with Gasteiger partial charge >= 0.3 is 0 Å². The van der Waals surface area contributed by atoms with Crippen molar-refractivity contribution in [2.75, 3.05) is 40.4 Å². The van der Waals surface area contributed by atoms with Crippen molar-refractivity contribution in [3.63, 3.8) is 0 Å². The Labute approximate surface area is 202 Å². The van der Waals surface area contributed by atoms with Crippen molar-refractivity contribution in [2.45, 2.75) is 19.3 Å². The van der Waals surface area contributed by atoms with Gasteiger partial charge in [0.25, 0.3) is 0 Å². The molecule has 182 valence electrons. The summed E-state index contributed by atoms with van der Waals surface area (Å²) in [6.45, 7) is 2.97. The van der Waals surface area contributed by atoms with Gasteiger partial charge in [0.15, 0.2) is 0 Å². The zero-order valence-electron chi connectivity index (χ0n) is 20.0. The molecular weight excluding hydrogens is 430 g/mol. The van der Waals surface area contributed by atoms with Crippen molar-refractivity contribution in [1.82, 2.24) is 16.0 Å². The molecule has 0 fully saturated rings. The highest BCUT2D eigenvalue weighted by atomic mass is 16.5. The van der Waals surface area contributed by atoms with Crippen LogP contribution in [0.15, 0.2) is 60.7 Å². The summed E-state index contributed by atoms with van der Waals surface area (Å²) >= 11 is 0. The maximum Gasteiger partial charge on any atom is 0.243 e. The SMILES string of the molecule is COc1ccc(/C=C/C(=O)NCCCCNCCCNC(=O)/C=C/c2ccc(OC)cc2)cc1. The number of benzene rings is 2. The van der Waals surface area contributed by atoms with Gasteiger partial charge in [-0.1, -0.05) is 24.3 Å². The molecule has 2 aromatic carbocycles. The standard InChI is InChI=1S/C27H35N3O4/c1-33-24-12-6-22(7-13-24)10-16-26(31)29-20-4-3-18-28-19-5-21-30-27(32)17-11-23-8-14-25(34-2)15-9-23/h6-17,28H,3-5,18-21H2,1-2H3,(H,29,31)(H,30,32)/b16-10+,17-11+. The van der Waals surface area contributed by atoms with Gasteiger partial charge < -0.3 is 25.4 Å². The Morgan fingerprint density at radius 1 is 0.647 bits per heavy atom. The van der Waals surface area contributed by atoms with Crippen LogP contribution in [-0.4, -0.2) is 52.2 Å². The molecule has 0 saturated carbocycles. The second-order valence-electron chi connectivity index (χ2n) is 7.61. The van der Waals surface area contributed by atoms with E-state index in [1.54, 1.807) is 32.4 Å². The number of methoxy groups -OCH3 is 2. The first-order valence-electron chi connectivity index (χ1n) is 11.5. The lowest BCUT2D eigenvalue weighted by Gasteiger charge is -2.06. The average molecular weight is 466 g/mol. The van der Waals surface area contributed by atoms with Crippen molar-refractivity contribution in [2.24, 2.45) is 0 Å². The molecule has 2 rings (SSSR count). The summed E-state index contributed by atoms with van der Waals surface area (Å²) in [5.41, 5.74) is 1.90. The first kappa shape index (κ1) is 26.7. The molecule has 0 bridgehead atoms. The van der Waals surface area contributed by atoms with Crippen molar-refractivity contribution < 1.29 is 19.1 Å². The van der Waals surface area contributed by atoms with E-state index in [0.29, 0.717) is 13.1 Å². The Morgan fingerprint density at radius 3 is 1.53 bits per heavy atom. The van der Waals surface area contributed by atoms with Crippen molar-refractivity contribution in [3.8, 4) is 11.5 Å². The number of unbranched alkanes of at least 4 members (excludes halogenated alkanes) is 1. The topological polar surface area (TPSA) is 88.7 Å². The molecule has 0 atom stereocenters. The van der Waals surface area contributed by atoms with Gasteiger partial charge in [-0.2, -0.15) is 0 Å². The number of hydrogen-bond donors (Lipinski definition) is 3. The van der Waals surface area contributed by atoms with Crippen LogP contribution in [0.5, 0.6) is 11.5 Å². The minimum absolute atomic E-state index is 0.0967. The summed E-state index contributed by atoms with van der Waals surface area (Å²) in [6, 6.07) is 15.0. The zero-order chi connectivity index (χ0) is 24.4. The van der Waals surface area contributed by atoms with Crippen molar-refractivity contribution in [3.05, 3.63) is 71.8 Å². The zero-order valence-corrected chi connectivity index (χ0v) is 20.0. The van der Waals surface area contributed by atoms with Crippen LogP contribution < -0.4 is 25.4 Å². The predicted octanol–water partition coefficient (Wildman–Crippen LogP) is 3.42. The van der Waals surface area contributed by atoms with Gasteiger partial charge in [0, 0.05) is 25.2 Å². The molecule has 0 saturated heterocycles. The van der Waals surface area contributed by atoms with E-state index in [0.717, 1.165) is 55.0 Å². The van der Waals surface area contributed by atoms with Crippen LogP contribution in [0.2, 0.25) is 0 Å². The largest absolute Gasteiger partial charge is 0.497 e. The Balaban J connectivity index is 1.44. The van der Waals surface area contributed by atoms with Crippen LogP contribution in [0.1, 0.15) is 30.4 Å². The molecule has 7 nitrogen and oxygen atoms in total. The lowest BCUT2D eigenvalue weighted by molar-refractivity contribution is -0.117. The molecule has 34 heavy (non-hydrogen) atoms. The second kappa shape index (κ2) is 16.1. The number of rotatable bonds is 15. The smallest absolute Gasteiger partial charge is 0.243 e. The van der Waals surface area contributed by atoms with Gasteiger partial charge in [-0.25, -0.2) is 0 Å². The van der Waals surface area contributed by atoms with Gasteiger partial charge in [0.2, 0.25) is 11.8 Å². The molecule has 0 unspecified atom stereocenters. The highest BCUT2D eigenvalue weighted by molar-refractivity contribution is 5.92. The third-order valence-electron chi connectivity index (χ3n) is 5.00. The number of carbonyl (C=O) groups excluding carboxylic acids is 2. The third kappa shape index (κ3) is 11.3. The molecule has 7 heteroatoms. The van der Waals surface area contributed by atoms with E-state index < -0.39 is 0 Å². The van der Waals surface area contributed by atoms with Crippen LogP contribution in [-0.2, 0) is 9.59 Å². The highest BCUT2D eigenvalue weighted by Gasteiger charge is 1.98. The quantitative estimate of drug-likeness (QED) is 0.277. The maximum absolute atomic E-state index is 11.9. The van der Waals surface area contributed by atoms with E-state index in [4.69, 9.17) is 9.47 Å². The fourth-order valence-corrected chi connectivity index (χ4v) is 3.03. The van der Waals surface area contributed by atoms with E-state index in [1.165, 1.54) is 6.08 Å². The number of carbonyl (C=O) groups is 2. The predicted molar refractivity (Wildman–Crippen MR) is 137 cm³/mol. The fourth-order valence-electron chi connectivity index (χ4n) is 3.03. The van der Waals surface area contributed by atoms with Crippen LogP contribution in [0.25, 0.3) is 12.2 Å². The lowest BCUT2D eigenvalue weighted by Crippen LogP contribution is -2.27. The fraction of sp³-hybridized carbons (Fsp3) is 0.333. The summed E-state index contributed by atoms with van der Waals surface area (Å²) in [7, 11) is 3.25. The Morgan fingerprint density at radius 2 is 1.06 bits per heavy atom. The first-order valence-corrected chi connectivity index (χ1v) is 11.5. The lowest BCUT2D eigenvalue weighted by atomic mass is 10.2. The molecule has 0 aliphatic rings. The van der Waals surface area contributed by atoms with Gasteiger partial charge in [0.05, 0.1) is 14.2 Å². The molecule has 0 spiro atoms. The van der Waals surface area contributed by atoms with Gasteiger partial charge in [-0.05, 0) is 79.9 Å². The van der Waals surface area contributed by atoms with E-state index in [2.05, 4.69) is 16.0 Å². The van der Waals surface area contributed by atoms with E-state index in [9.17, 15) is 9.59 Å². The van der Waals surface area contributed by atoms with Crippen LogP contribution >= 0.6 is 0 Å². The van der Waals surface area contributed by atoms with Crippen molar-refractivity contribution >= 4 is 24.0 Å².